The van der Waals surface area contributed by atoms with E-state index in [4.69, 9.17) is 9.63 Å². The number of aryl methyl sites for hydroxylation is 1. The number of nitrogens with zero attached hydrogens (tertiary/aromatic N) is 2. The number of aliphatic carboxylic acids is 1. The van der Waals surface area contributed by atoms with E-state index in [0.717, 1.165) is 0 Å². The van der Waals surface area contributed by atoms with Gasteiger partial charge in [-0.05, 0) is 5.92 Å². The molecule has 0 aromatic carbocycles. The van der Waals surface area contributed by atoms with Gasteiger partial charge in [0.15, 0.2) is 5.82 Å². The Hall–Kier alpha value is -1.92. The van der Waals surface area contributed by atoms with Gasteiger partial charge in [0, 0.05) is 18.8 Å². The molecule has 0 radical (unpaired) electrons. The van der Waals surface area contributed by atoms with Gasteiger partial charge in [-0.15, -0.1) is 0 Å². The predicted molar refractivity (Wildman–Crippen MR) is 75.7 cm³/mol. The van der Waals surface area contributed by atoms with Crippen LogP contribution in [0.1, 0.15) is 58.2 Å². The molecule has 1 heterocycles. The molecule has 1 rings (SSSR count). The van der Waals surface area contributed by atoms with E-state index in [2.05, 4.69) is 15.5 Å². The van der Waals surface area contributed by atoms with Crippen LogP contribution in [0.5, 0.6) is 0 Å². The molecule has 118 valence electrons. The number of carboxylic acid groups (broad SMARTS) is 1. The van der Waals surface area contributed by atoms with Crippen LogP contribution in [-0.4, -0.2) is 33.2 Å². The fourth-order valence-electron chi connectivity index (χ4n) is 1.75. The van der Waals surface area contributed by atoms with E-state index in [1.807, 2.05) is 20.8 Å². The molecule has 0 fully saturated rings. The Kier molecular flexibility index (Phi) is 6.33. The van der Waals surface area contributed by atoms with Crippen molar-refractivity contribution in [2.24, 2.45) is 5.92 Å². The Morgan fingerprint density at radius 1 is 1.33 bits per heavy atom. The topological polar surface area (TPSA) is 105 Å². The number of hydrogen-bond acceptors (Lipinski definition) is 5. The summed E-state index contributed by atoms with van der Waals surface area (Å²) in [6.07, 6.45) is 1.11. The third kappa shape index (κ3) is 5.17. The van der Waals surface area contributed by atoms with Crippen molar-refractivity contribution in [1.82, 2.24) is 15.5 Å². The maximum absolute atomic E-state index is 11.8. The van der Waals surface area contributed by atoms with Crippen LogP contribution < -0.4 is 5.32 Å². The van der Waals surface area contributed by atoms with Gasteiger partial charge in [0.25, 0.3) is 0 Å². The number of amides is 1. The standard InChI is InChI=1S/C14H23N3O4/c1-5-9(4)12(14(19)20)15-10(18)6-7-11-16-13(8(2)3)17-21-11/h8-9,12H,5-7H2,1-4H3,(H,15,18)(H,19,20)/t9-,12-/m0/s1. The van der Waals surface area contributed by atoms with Gasteiger partial charge in [-0.1, -0.05) is 39.3 Å². The predicted octanol–water partition coefficient (Wildman–Crippen LogP) is 1.74. The zero-order valence-electron chi connectivity index (χ0n) is 12.9. The Morgan fingerprint density at radius 2 is 2.00 bits per heavy atom. The van der Waals surface area contributed by atoms with Crippen LogP contribution in [0, 0.1) is 5.92 Å². The van der Waals surface area contributed by atoms with E-state index in [1.165, 1.54) is 0 Å². The largest absolute Gasteiger partial charge is 0.480 e. The molecule has 0 unspecified atom stereocenters. The molecular weight excluding hydrogens is 274 g/mol. The quantitative estimate of drug-likeness (QED) is 0.757. The molecule has 7 heteroatoms. The van der Waals surface area contributed by atoms with Crippen molar-refractivity contribution >= 4 is 11.9 Å². The lowest BCUT2D eigenvalue weighted by molar-refractivity contribution is -0.143. The fraction of sp³-hybridized carbons (Fsp3) is 0.714. The van der Waals surface area contributed by atoms with Crippen molar-refractivity contribution < 1.29 is 19.2 Å². The van der Waals surface area contributed by atoms with Crippen LogP contribution in [0.15, 0.2) is 4.52 Å². The summed E-state index contributed by atoms with van der Waals surface area (Å²) >= 11 is 0. The lowest BCUT2D eigenvalue weighted by Gasteiger charge is -2.19. The summed E-state index contributed by atoms with van der Waals surface area (Å²) in [7, 11) is 0. The second-order valence-electron chi connectivity index (χ2n) is 5.47. The van der Waals surface area contributed by atoms with E-state index in [0.29, 0.717) is 24.6 Å². The number of nitrogens with one attached hydrogen (secondary N) is 1. The Morgan fingerprint density at radius 3 is 2.48 bits per heavy atom. The zero-order valence-corrected chi connectivity index (χ0v) is 12.9. The molecule has 1 aromatic rings. The van der Waals surface area contributed by atoms with E-state index in [-0.39, 0.29) is 24.2 Å². The summed E-state index contributed by atoms with van der Waals surface area (Å²) in [6, 6.07) is -0.864. The summed E-state index contributed by atoms with van der Waals surface area (Å²) < 4.78 is 5.04. The maximum atomic E-state index is 11.8. The van der Waals surface area contributed by atoms with E-state index in [9.17, 15) is 9.59 Å². The molecule has 7 nitrogen and oxygen atoms in total. The molecule has 2 atom stereocenters. The molecular formula is C14H23N3O4. The summed E-state index contributed by atoms with van der Waals surface area (Å²) in [5, 5.41) is 15.5. The summed E-state index contributed by atoms with van der Waals surface area (Å²) in [5.41, 5.74) is 0. The minimum absolute atomic E-state index is 0.123. The average molecular weight is 297 g/mol. The first kappa shape index (κ1) is 17.1. The maximum Gasteiger partial charge on any atom is 0.326 e. The Labute approximate surface area is 124 Å². The van der Waals surface area contributed by atoms with Gasteiger partial charge in [-0.2, -0.15) is 4.98 Å². The highest BCUT2D eigenvalue weighted by molar-refractivity contribution is 5.83. The van der Waals surface area contributed by atoms with Gasteiger partial charge < -0.3 is 14.9 Å². The first-order chi connectivity index (χ1) is 9.85. The number of carboxylic acids is 1. The molecule has 1 aromatic heterocycles. The van der Waals surface area contributed by atoms with Crippen LogP contribution in [0.2, 0.25) is 0 Å². The molecule has 0 bridgehead atoms. The lowest BCUT2D eigenvalue weighted by Crippen LogP contribution is -2.45. The molecule has 0 saturated heterocycles. The van der Waals surface area contributed by atoms with Crippen LogP contribution >= 0.6 is 0 Å². The number of carbonyl (C=O) groups is 2. The third-order valence-electron chi connectivity index (χ3n) is 3.36. The highest BCUT2D eigenvalue weighted by Crippen LogP contribution is 2.11. The number of carbonyl (C=O) groups excluding carboxylic acids is 1. The molecule has 0 saturated carbocycles. The Bertz CT molecular complexity index is 484. The van der Waals surface area contributed by atoms with E-state index in [1.54, 1.807) is 6.92 Å². The molecule has 0 aliphatic rings. The number of aromatic nitrogens is 2. The lowest BCUT2D eigenvalue weighted by atomic mass is 9.99. The fourth-order valence-corrected chi connectivity index (χ4v) is 1.75. The smallest absolute Gasteiger partial charge is 0.326 e. The summed E-state index contributed by atoms with van der Waals surface area (Å²) in [4.78, 5) is 27.1. The highest BCUT2D eigenvalue weighted by atomic mass is 16.5. The first-order valence-corrected chi connectivity index (χ1v) is 7.19. The highest BCUT2D eigenvalue weighted by Gasteiger charge is 2.25. The van der Waals surface area contributed by atoms with Crippen molar-refractivity contribution in [1.29, 1.82) is 0 Å². The molecule has 0 aliphatic heterocycles. The van der Waals surface area contributed by atoms with Gasteiger partial charge in [-0.3, -0.25) is 4.79 Å². The molecule has 21 heavy (non-hydrogen) atoms. The second kappa shape index (κ2) is 7.75. The van der Waals surface area contributed by atoms with Crippen LogP contribution in [0.3, 0.4) is 0 Å². The molecule has 0 aliphatic carbocycles. The van der Waals surface area contributed by atoms with Gasteiger partial charge in [0.1, 0.15) is 6.04 Å². The van der Waals surface area contributed by atoms with Gasteiger partial charge >= 0.3 is 5.97 Å². The van der Waals surface area contributed by atoms with Crippen molar-refractivity contribution in [3.05, 3.63) is 11.7 Å². The molecule has 0 spiro atoms. The third-order valence-corrected chi connectivity index (χ3v) is 3.36. The van der Waals surface area contributed by atoms with E-state index < -0.39 is 12.0 Å². The minimum atomic E-state index is -1.02. The summed E-state index contributed by atoms with van der Waals surface area (Å²) in [5.74, 6) is -0.303. The SMILES string of the molecule is CC[C@H](C)[C@H](NC(=O)CCc1nc(C(C)C)no1)C(=O)O. The average Bonchev–Trinajstić information content (AvgIpc) is 2.90. The minimum Gasteiger partial charge on any atom is -0.480 e. The second-order valence-corrected chi connectivity index (χ2v) is 5.47. The zero-order chi connectivity index (χ0) is 16.0. The van der Waals surface area contributed by atoms with Crippen molar-refractivity contribution in [2.45, 2.75) is 58.9 Å². The number of hydrogen-bond donors (Lipinski definition) is 2. The van der Waals surface area contributed by atoms with Crippen LogP contribution in [0.25, 0.3) is 0 Å². The first-order valence-electron chi connectivity index (χ1n) is 7.19. The van der Waals surface area contributed by atoms with E-state index >= 15 is 0 Å². The van der Waals surface area contributed by atoms with Crippen molar-refractivity contribution in [3.8, 4) is 0 Å². The van der Waals surface area contributed by atoms with Gasteiger partial charge in [0.2, 0.25) is 11.8 Å². The van der Waals surface area contributed by atoms with Crippen LogP contribution in [-0.2, 0) is 16.0 Å². The van der Waals surface area contributed by atoms with Crippen LogP contribution in [0.4, 0.5) is 0 Å². The van der Waals surface area contributed by atoms with Crippen molar-refractivity contribution in [3.63, 3.8) is 0 Å². The van der Waals surface area contributed by atoms with Gasteiger partial charge in [0.05, 0.1) is 0 Å². The normalized spacial score (nSPS) is 14.0. The molecule has 2 N–H and O–H groups in total. The molecule has 1 amide bonds. The summed E-state index contributed by atoms with van der Waals surface area (Å²) in [6.45, 7) is 7.58. The Balaban J connectivity index is 2.50. The monoisotopic (exact) mass is 297 g/mol. The number of rotatable bonds is 8. The van der Waals surface area contributed by atoms with Gasteiger partial charge in [-0.25, -0.2) is 4.79 Å². The van der Waals surface area contributed by atoms with Crippen molar-refractivity contribution in [2.75, 3.05) is 0 Å².